The molecule has 4 rings (SSSR count). The first-order valence-electron chi connectivity index (χ1n) is 9.37. The lowest BCUT2D eigenvalue weighted by Crippen LogP contribution is -2.05. The van der Waals surface area contributed by atoms with Crippen molar-refractivity contribution in [3.05, 3.63) is 97.6 Å². The van der Waals surface area contributed by atoms with Gasteiger partial charge in [0.15, 0.2) is 0 Å². The first-order chi connectivity index (χ1) is 14.2. The molecule has 0 aliphatic heterocycles. The summed E-state index contributed by atoms with van der Waals surface area (Å²) in [6.07, 6.45) is 1.70. The van der Waals surface area contributed by atoms with Crippen molar-refractivity contribution in [2.75, 3.05) is 0 Å². The van der Waals surface area contributed by atoms with Crippen molar-refractivity contribution >= 4 is 5.97 Å². The van der Waals surface area contributed by atoms with Gasteiger partial charge in [-0.3, -0.25) is 4.79 Å². The summed E-state index contributed by atoms with van der Waals surface area (Å²) in [5.41, 5.74) is 4.89. The molecule has 0 spiro atoms. The molecule has 1 aromatic heterocycles. The van der Waals surface area contributed by atoms with E-state index in [9.17, 15) is 4.79 Å². The van der Waals surface area contributed by atoms with Gasteiger partial charge in [0.25, 0.3) is 0 Å². The fourth-order valence-corrected chi connectivity index (χ4v) is 3.10. The first-order valence-corrected chi connectivity index (χ1v) is 9.37. The Hall–Kier alpha value is -3.92. The Labute approximate surface area is 169 Å². The molecular weight excluding hydrogens is 360 g/mol. The predicted molar refractivity (Wildman–Crippen MR) is 115 cm³/mol. The van der Waals surface area contributed by atoms with Crippen molar-refractivity contribution in [2.24, 2.45) is 0 Å². The quantitative estimate of drug-likeness (QED) is 0.258. The van der Waals surface area contributed by atoms with Crippen LogP contribution in [0.15, 0.2) is 97.6 Å². The van der Waals surface area contributed by atoms with E-state index in [2.05, 4.69) is 35.8 Å². The molecule has 0 radical (unpaired) electrons. The van der Waals surface area contributed by atoms with Gasteiger partial charge in [-0.2, -0.15) is 0 Å². The highest BCUT2D eigenvalue weighted by Gasteiger charge is 2.15. The number of aromatic amines is 1. The predicted octanol–water partition coefficient (Wildman–Crippen LogP) is 5.89. The molecule has 0 atom stereocenters. The highest BCUT2D eigenvalue weighted by Crippen LogP contribution is 2.33. The number of ether oxygens (including phenoxy) is 1. The van der Waals surface area contributed by atoms with Gasteiger partial charge in [0.2, 0.25) is 0 Å². The number of nitrogens with zero attached hydrogens (tertiary/aromatic N) is 1. The van der Waals surface area contributed by atoms with E-state index in [0.29, 0.717) is 5.75 Å². The van der Waals surface area contributed by atoms with Crippen LogP contribution in [0.1, 0.15) is 6.42 Å². The zero-order valence-corrected chi connectivity index (χ0v) is 15.8. The summed E-state index contributed by atoms with van der Waals surface area (Å²) in [7, 11) is 0. The maximum atomic E-state index is 11.6. The lowest BCUT2D eigenvalue weighted by Gasteiger charge is -2.03. The molecule has 0 amide bonds. The lowest BCUT2D eigenvalue weighted by molar-refractivity contribution is -0.133. The van der Waals surface area contributed by atoms with Crippen LogP contribution in [0.25, 0.3) is 33.9 Å². The van der Waals surface area contributed by atoms with Crippen LogP contribution in [0.2, 0.25) is 0 Å². The number of nitrogens with one attached hydrogen (secondary N) is 1. The SMILES string of the molecule is C=CCC(=O)Oc1ccc(-c2nc(-c3ccccc3)c(-c3ccccc3)[nH]2)cc1. The van der Waals surface area contributed by atoms with Gasteiger partial charge in [-0.25, -0.2) is 4.98 Å². The Kier molecular flexibility index (Phi) is 5.34. The monoisotopic (exact) mass is 380 g/mol. The van der Waals surface area contributed by atoms with E-state index in [1.54, 1.807) is 12.1 Å². The molecule has 0 saturated carbocycles. The topological polar surface area (TPSA) is 55.0 Å². The van der Waals surface area contributed by atoms with Crippen molar-refractivity contribution in [3.8, 4) is 39.7 Å². The Morgan fingerprint density at radius 2 is 1.48 bits per heavy atom. The van der Waals surface area contributed by atoms with Gasteiger partial charge in [-0.1, -0.05) is 66.7 Å². The van der Waals surface area contributed by atoms with Gasteiger partial charge < -0.3 is 9.72 Å². The molecule has 0 unspecified atom stereocenters. The number of carbonyl (C=O) groups is 1. The average Bonchev–Trinajstić information content (AvgIpc) is 3.21. The third-order valence-corrected chi connectivity index (χ3v) is 4.48. The summed E-state index contributed by atoms with van der Waals surface area (Å²) in [5, 5.41) is 0. The summed E-state index contributed by atoms with van der Waals surface area (Å²) in [6.45, 7) is 3.54. The highest BCUT2D eigenvalue weighted by molar-refractivity contribution is 5.81. The number of rotatable bonds is 6. The largest absolute Gasteiger partial charge is 0.426 e. The molecule has 4 aromatic rings. The minimum Gasteiger partial charge on any atom is -0.426 e. The van der Waals surface area contributed by atoms with Crippen molar-refractivity contribution in [1.82, 2.24) is 9.97 Å². The van der Waals surface area contributed by atoms with Crippen LogP contribution in [0.5, 0.6) is 5.75 Å². The van der Waals surface area contributed by atoms with Crippen LogP contribution >= 0.6 is 0 Å². The summed E-state index contributed by atoms with van der Waals surface area (Å²) in [4.78, 5) is 19.9. The standard InChI is InChI=1S/C25H20N2O2/c1-2-9-22(28)29-21-16-14-20(15-17-21)25-26-23(18-10-5-3-6-11-18)24(27-25)19-12-7-4-8-13-19/h2-8,10-17H,1,9H2,(H,26,27). The molecule has 142 valence electrons. The molecule has 1 N–H and O–H groups in total. The Morgan fingerprint density at radius 3 is 2.10 bits per heavy atom. The molecule has 0 saturated heterocycles. The third-order valence-electron chi connectivity index (χ3n) is 4.48. The normalized spacial score (nSPS) is 10.5. The zero-order chi connectivity index (χ0) is 20.1. The highest BCUT2D eigenvalue weighted by atomic mass is 16.5. The van der Waals surface area contributed by atoms with Crippen LogP contribution in [0.4, 0.5) is 0 Å². The summed E-state index contributed by atoms with van der Waals surface area (Å²) in [5.74, 6) is 0.925. The van der Waals surface area contributed by atoms with Gasteiger partial charge in [0.05, 0.1) is 17.8 Å². The third kappa shape index (κ3) is 4.17. The molecular formula is C25H20N2O2. The zero-order valence-electron chi connectivity index (χ0n) is 15.8. The van der Waals surface area contributed by atoms with Gasteiger partial charge in [0.1, 0.15) is 11.6 Å². The van der Waals surface area contributed by atoms with Gasteiger partial charge in [-0.05, 0) is 24.3 Å². The number of H-pyrrole nitrogens is 1. The average molecular weight is 380 g/mol. The number of benzene rings is 3. The van der Waals surface area contributed by atoms with Gasteiger partial charge >= 0.3 is 5.97 Å². The maximum Gasteiger partial charge on any atom is 0.315 e. The van der Waals surface area contributed by atoms with Crippen LogP contribution in [0, 0.1) is 0 Å². The van der Waals surface area contributed by atoms with E-state index in [4.69, 9.17) is 9.72 Å². The number of hydrogen-bond donors (Lipinski definition) is 1. The fraction of sp³-hybridized carbons (Fsp3) is 0.0400. The van der Waals surface area contributed by atoms with Crippen molar-refractivity contribution in [1.29, 1.82) is 0 Å². The number of hydrogen-bond acceptors (Lipinski definition) is 3. The fourth-order valence-electron chi connectivity index (χ4n) is 3.10. The number of imidazole rings is 1. The van der Waals surface area contributed by atoms with E-state index in [1.807, 2.05) is 48.5 Å². The van der Waals surface area contributed by atoms with E-state index in [1.165, 1.54) is 6.08 Å². The Bertz CT molecular complexity index is 1060. The minimum absolute atomic E-state index is 0.181. The second-order valence-corrected chi connectivity index (χ2v) is 6.53. The van der Waals surface area contributed by atoms with E-state index in [0.717, 1.165) is 33.9 Å². The van der Waals surface area contributed by atoms with Crippen molar-refractivity contribution in [3.63, 3.8) is 0 Å². The molecule has 4 heteroatoms. The molecule has 0 bridgehead atoms. The Balaban J connectivity index is 1.71. The van der Waals surface area contributed by atoms with Crippen LogP contribution in [-0.2, 0) is 4.79 Å². The maximum absolute atomic E-state index is 11.6. The van der Waals surface area contributed by atoms with Gasteiger partial charge in [0, 0.05) is 16.7 Å². The summed E-state index contributed by atoms with van der Waals surface area (Å²) >= 11 is 0. The molecule has 1 heterocycles. The number of esters is 1. The van der Waals surface area contributed by atoms with E-state index in [-0.39, 0.29) is 12.4 Å². The smallest absolute Gasteiger partial charge is 0.315 e. The minimum atomic E-state index is -0.330. The van der Waals surface area contributed by atoms with Crippen molar-refractivity contribution in [2.45, 2.75) is 6.42 Å². The van der Waals surface area contributed by atoms with E-state index >= 15 is 0 Å². The van der Waals surface area contributed by atoms with Crippen LogP contribution < -0.4 is 4.74 Å². The second-order valence-electron chi connectivity index (χ2n) is 6.53. The molecule has 29 heavy (non-hydrogen) atoms. The van der Waals surface area contributed by atoms with Crippen molar-refractivity contribution < 1.29 is 9.53 Å². The van der Waals surface area contributed by atoms with Gasteiger partial charge in [-0.15, -0.1) is 6.58 Å². The van der Waals surface area contributed by atoms with Crippen LogP contribution in [0.3, 0.4) is 0 Å². The Morgan fingerprint density at radius 1 is 0.862 bits per heavy atom. The molecule has 4 nitrogen and oxygen atoms in total. The number of carbonyl (C=O) groups excluding carboxylic acids is 1. The molecule has 0 aliphatic rings. The first kappa shape index (κ1) is 18.4. The van der Waals surface area contributed by atoms with E-state index < -0.39 is 0 Å². The molecule has 3 aromatic carbocycles. The summed E-state index contributed by atoms with van der Waals surface area (Å²) in [6, 6.07) is 27.6. The molecule has 0 aliphatic carbocycles. The number of aromatic nitrogens is 2. The second kappa shape index (κ2) is 8.40. The summed E-state index contributed by atoms with van der Waals surface area (Å²) < 4.78 is 5.27. The van der Waals surface area contributed by atoms with Crippen LogP contribution in [-0.4, -0.2) is 15.9 Å². The molecule has 0 fully saturated rings. The lowest BCUT2D eigenvalue weighted by atomic mass is 10.1.